The van der Waals surface area contributed by atoms with Gasteiger partial charge in [-0.25, -0.2) is 9.78 Å². The Morgan fingerprint density at radius 3 is 2.65 bits per heavy atom. The monoisotopic (exact) mass is 238 g/mol. The maximum Gasteiger partial charge on any atom is 0.506 e. The third-order valence-electron chi connectivity index (χ3n) is 2.36. The summed E-state index contributed by atoms with van der Waals surface area (Å²) in [5.74, 6) is 0.633. The molecule has 1 aromatic rings. The van der Waals surface area contributed by atoms with Crippen LogP contribution in [-0.2, 0) is 4.74 Å². The molecule has 1 unspecified atom stereocenters. The van der Waals surface area contributed by atoms with Crippen molar-refractivity contribution in [2.75, 3.05) is 12.4 Å². The van der Waals surface area contributed by atoms with E-state index in [4.69, 9.17) is 9.84 Å². The van der Waals surface area contributed by atoms with E-state index in [0.717, 1.165) is 5.56 Å². The van der Waals surface area contributed by atoms with Crippen molar-refractivity contribution in [1.29, 1.82) is 0 Å². The predicted molar refractivity (Wildman–Crippen MR) is 65.1 cm³/mol. The number of aromatic nitrogens is 1. The molecule has 0 fully saturated rings. The van der Waals surface area contributed by atoms with Crippen LogP contribution in [0.25, 0.3) is 0 Å². The molecule has 5 heteroatoms. The highest BCUT2D eigenvalue weighted by molar-refractivity contribution is 5.58. The summed E-state index contributed by atoms with van der Waals surface area (Å²) in [5.41, 5.74) is 0.400. The van der Waals surface area contributed by atoms with Crippen LogP contribution in [0.15, 0.2) is 18.3 Å². The summed E-state index contributed by atoms with van der Waals surface area (Å²) in [4.78, 5) is 14.9. The number of nitrogens with one attached hydrogen (secondary N) is 1. The number of carboxylic acid groups (broad SMARTS) is 1. The second kappa shape index (κ2) is 5.03. The predicted octanol–water partition coefficient (Wildman–Crippen LogP) is 2.91. The summed E-state index contributed by atoms with van der Waals surface area (Å²) < 4.78 is 4.98. The molecule has 1 heterocycles. The van der Waals surface area contributed by atoms with Gasteiger partial charge in [0, 0.05) is 24.2 Å². The first kappa shape index (κ1) is 13.3. The molecule has 1 rings (SSSR count). The third kappa shape index (κ3) is 3.34. The lowest BCUT2D eigenvalue weighted by atomic mass is 9.84. The third-order valence-corrected chi connectivity index (χ3v) is 2.36. The molecule has 94 valence electrons. The minimum Gasteiger partial charge on any atom is -0.450 e. The minimum atomic E-state index is -1.28. The van der Waals surface area contributed by atoms with Gasteiger partial charge in [0.2, 0.25) is 0 Å². The molecular formula is C12H18N2O3. The molecule has 0 radical (unpaired) electrons. The van der Waals surface area contributed by atoms with Crippen LogP contribution in [-0.4, -0.2) is 23.3 Å². The lowest BCUT2D eigenvalue weighted by Crippen LogP contribution is -2.24. The van der Waals surface area contributed by atoms with Crippen LogP contribution >= 0.6 is 0 Å². The molecule has 2 N–H and O–H groups in total. The summed E-state index contributed by atoms with van der Waals surface area (Å²) in [6.07, 6.45) is -0.192. The van der Waals surface area contributed by atoms with Gasteiger partial charge in [-0.2, -0.15) is 0 Å². The SMILES string of the molecule is CNc1ncccc1C(OC(=O)O)C(C)(C)C. The van der Waals surface area contributed by atoms with Gasteiger partial charge in [0.15, 0.2) is 0 Å². The van der Waals surface area contributed by atoms with Crippen molar-refractivity contribution in [3.05, 3.63) is 23.9 Å². The number of nitrogens with zero attached hydrogens (tertiary/aromatic N) is 1. The van der Waals surface area contributed by atoms with E-state index >= 15 is 0 Å². The highest BCUT2D eigenvalue weighted by atomic mass is 16.7. The first-order valence-corrected chi connectivity index (χ1v) is 5.38. The van der Waals surface area contributed by atoms with E-state index in [1.165, 1.54) is 0 Å². The lowest BCUT2D eigenvalue weighted by molar-refractivity contribution is -0.000183. The molecule has 0 aliphatic carbocycles. The Balaban J connectivity index is 3.17. The summed E-state index contributed by atoms with van der Waals surface area (Å²) in [6.45, 7) is 5.77. The maximum atomic E-state index is 10.8. The van der Waals surface area contributed by atoms with E-state index < -0.39 is 12.3 Å². The molecule has 1 aromatic heterocycles. The van der Waals surface area contributed by atoms with Crippen molar-refractivity contribution in [3.63, 3.8) is 0 Å². The molecule has 0 amide bonds. The van der Waals surface area contributed by atoms with E-state index in [1.807, 2.05) is 26.8 Å². The Morgan fingerprint density at radius 1 is 1.53 bits per heavy atom. The Kier molecular flexibility index (Phi) is 3.93. The zero-order valence-corrected chi connectivity index (χ0v) is 10.5. The van der Waals surface area contributed by atoms with Crippen molar-refractivity contribution in [2.45, 2.75) is 26.9 Å². The van der Waals surface area contributed by atoms with Gasteiger partial charge in [-0.05, 0) is 6.07 Å². The van der Waals surface area contributed by atoms with Crippen molar-refractivity contribution < 1.29 is 14.6 Å². The fraction of sp³-hybridized carbons (Fsp3) is 0.500. The average Bonchev–Trinajstić information content (AvgIpc) is 2.24. The van der Waals surface area contributed by atoms with E-state index in [1.54, 1.807) is 19.3 Å². The Bertz CT molecular complexity index is 399. The van der Waals surface area contributed by atoms with Gasteiger partial charge in [0.05, 0.1) is 0 Å². The van der Waals surface area contributed by atoms with Crippen molar-refractivity contribution >= 4 is 12.0 Å². The van der Waals surface area contributed by atoms with Crippen LogP contribution < -0.4 is 5.32 Å². The summed E-state index contributed by atoms with van der Waals surface area (Å²) in [5, 5.41) is 11.7. The normalized spacial score (nSPS) is 12.9. The zero-order chi connectivity index (χ0) is 13.1. The molecule has 17 heavy (non-hydrogen) atoms. The molecule has 0 spiro atoms. The Labute approximate surface area is 101 Å². The number of ether oxygens (including phenoxy) is 1. The first-order chi connectivity index (χ1) is 7.86. The number of hydrogen-bond acceptors (Lipinski definition) is 4. The zero-order valence-electron chi connectivity index (χ0n) is 10.5. The van der Waals surface area contributed by atoms with Crippen molar-refractivity contribution in [1.82, 2.24) is 4.98 Å². The summed E-state index contributed by atoms with van der Waals surface area (Å²) in [7, 11) is 1.74. The van der Waals surface area contributed by atoms with E-state index in [2.05, 4.69) is 10.3 Å². The lowest BCUT2D eigenvalue weighted by Gasteiger charge is -2.30. The highest BCUT2D eigenvalue weighted by Crippen LogP contribution is 2.38. The smallest absolute Gasteiger partial charge is 0.450 e. The van der Waals surface area contributed by atoms with Gasteiger partial charge in [0.25, 0.3) is 0 Å². The van der Waals surface area contributed by atoms with Gasteiger partial charge in [0.1, 0.15) is 11.9 Å². The first-order valence-electron chi connectivity index (χ1n) is 5.38. The van der Waals surface area contributed by atoms with Crippen LogP contribution in [0.2, 0.25) is 0 Å². The quantitative estimate of drug-likeness (QED) is 0.792. The fourth-order valence-electron chi connectivity index (χ4n) is 1.65. The molecule has 1 atom stereocenters. The highest BCUT2D eigenvalue weighted by Gasteiger charge is 2.32. The second-order valence-corrected chi connectivity index (χ2v) is 4.82. The van der Waals surface area contributed by atoms with Crippen LogP contribution in [0.3, 0.4) is 0 Å². The fourth-order valence-corrected chi connectivity index (χ4v) is 1.65. The van der Waals surface area contributed by atoms with Gasteiger partial charge < -0.3 is 15.2 Å². The molecular weight excluding hydrogens is 220 g/mol. The summed E-state index contributed by atoms with van der Waals surface area (Å²) >= 11 is 0. The van der Waals surface area contributed by atoms with Gasteiger partial charge in [-0.3, -0.25) is 0 Å². The standard InChI is InChI=1S/C12H18N2O3/c1-12(2,3)9(17-11(15)16)8-6-5-7-14-10(8)13-4/h5-7,9H,1-4H3,(H,13,14)(H,15,16). The number of hydrogen-bond donors (Lipinski definition) is 2. The number of pyridine rings is 1. The topological polar surface area (TPSA) is 71.5 Å². The largest absolute Gasteiger partial charge is 0.506 e. The van der Waals surface area contributed by atoms with Gasteiger partial charge in [-0.1, -0.05) is 26.8 Å². The molecule has 0 bridgehead atoms. The molecule has 5 nitrogen and oxygen atoms in total. The number of carbonyl (C=O) groups is 1. The van der Waals surface area contributed by atoms with Gasteiger partial charge in [-0.15, -0.1) is 0 Å². The Hall–Kier alpha value is -1.78. The van der Waals surface area contributed by atoms with E-state index in [-0.39, 0.29) is 5.41 Å². The van der Waals surface area contributed by atoms with Crippen LogP contribution in [0.1, 0.15) is 32.4 Å². The van der Waals surface area contributed by atoms with Crippen LogP contribution in [0, 0.1) is 5.41 Å². The molecule has 0 aliphatic heterocycles. The molecule has 0 saturated heterocycles. The van der Waals surface area contributed by atoms with Gasteiger partial charge >= 0.3 is 6.16 Å². The molecule has 0 aliphatic rings. The Morgan fingerprint density at radius 2 is 2.18 bits per heavy atom. The van der Waals surface area contributed by atoms with Crippen LogP contribution in [0.4, 0.5) is 10.6 Å². The van der Waals surface area contributed by atoms with Crippen LogP contribution in [0.5, 0.6) is 0 Å². The van der Waals surface area contributed by atoms with E-state index in [0.29, 0.717) is 5.82 Å². The van der Waals surface area contributed by atoms with Crippen molar-refractivity contribution in [2.24, 2.45) is 5.41 Å². The maximum absolute atomic E-state index is 10.8. The average molecular weight is 238 g/mol. The minimum absolute atomic E-state index is 0.340. The van der Waals surface area contributed by atoms with E-state index in [9.17, 15) is 4.79 Å². The summed E-state index contributed by atoms with van der Waals surface area (Å²) in [6, 6.07) is 3.58. The van der Waals surface area contributed by atoms with Crippen molar-refractivity contribution in [3.8, 4) is 0 Å². The second-order valence-electron chi connectivity index (χ2n) is 4.82. The number of anilines is 1. The molecule has 0 aromatic carbocycles. The number of rotatable bonds is 3. The molecule has 0 saturated carbocycles.